The number of aliphatic hydroxyl groups is 1. The molecule has 6 rings (SSSR count). The number of piperidine rings is 1. The van der Waals surface area contributed by atoms with E-state index in [1.165, 1.54) is 18.2 Å². The number of nitriles is 1. The van der Waals surface area contributed by atoms with Gasteiger partial charge >= 0.3 is 0 Å². The van der Waals surface area contributed by atoms with E-state index in [9.17, 15) is 15.2 Å². The van der Waals surface area contributed by atoms with Crippen molar-refractivity contribution < 1.29 is 23.8 Å². The number of piperazine rings is 1. The van der Waals surface area contributed by atoms with Crippen LogP contribution in [0.5, 0.6) is 5.75 Å². The van der Waals surface area contributed by atoms with E-state index in [2.05, 4.69) is 48.3 Å². The molecule has 3 saturated heterocycles. The number of amides is 1. The van der Waals surface area contributed by atoms with Crippen LogP contribution in [0.25, 0.3) is 11.4 Å². The first-order chi connectivity index (χ1) is 21.9. The predicted octanol–water partition coefficient (Wildman–Crippen LogP) is 2.76. The second-order valence-corrected chi connectivity index (χ2v) is 11.7. The average molecular weight is 617 g/mol. The van der Waals surface area contributed by atoms with Crippen molar-refractivity contribution in [1.29, 1.82) is 5.26 Å². The second kappa shape index (κ2) is 13.7. The zero-order chi connectivity index (χ0) is 31.3. The maximum Gasteiger partial charge on any atom is 0.230 e. The minimum Gasteiger partial charge on any atom is -0.485 e. The summed E-state index contributed by atoms with van der Waals surface area (Å²) in [4.78, 5) is 31.8. The van der Waals surface area contributed by atoms with Crippen LogP contribution in [0.2, 0.25) is 0 Å². The molecule has 1 aromatic heterocycles. The molecule has 45 heavy (non-hydrogen) atoms. The Bertz CT molecular complexity index is 1520. The highest BCUT2D eigenvalue weighted by atomic mass is 19.1. The molecule has 0 saturated carbocycles. The van der Waals surface area contributed by atoms with Gasteiger partial charge in [0.05, 0.1) is 49.5 Å². The van der Waals surface area contributed by atoms with Crippen LogP contribution in [0, 0.1) is 11.3 Å². The lowest BCUT2D eigenvalue weighted by Gasteiger charge is -2.43. The third-order valence-electron chi connectivity index (χ3n) is 8.46. The van der Waals surface area contributed by atoms with Crippen LogP contribution in [0.15, 0.2) is 48.8 Å². The normalized spacial score (nSPS) is 21.5. The summed E-state index contributed by atoms with van der Waals surface area (Å²) < 4.78 is 26.7. The van der Waals surface area contributed by atoms with Crippen molar-refractivity contribution in [2.45, 2.75) is 44.2 Å². The largest absolute Gasteiger partial charge is 0.485 e. The topological polar surface area (TPSA) is 140 Å². The Hall–Kier alpha value is -4.38. The van der Waals surface area contributed by atoms with Gasteiger partial charge < -0.3 is 29.7 Å². The van der Waals surface area contributed by atoms with Crippen LogP contribution in [-0.2, 0) is 9.53 Å². The smallest absolute Gasteiger partial charge is 0.230 e. The molecule has 12 nitrogen and oxygen atoms in total. The van der Waals surface area contributed by atoms with Gasteiger partial charge in [0.25, 0.3) is 0 Å². The number of nitrogens with zero attached hydrogens (tertiary/aromatic N) is 7. The van der Waals surface area contributed by atoms with E-state index in [-0.39, 0.29) is 49.0 Å². The van der Waals surface area contributed by atoms with Crippen molar-refractivity contribution in [2.24, 2.45) is 0 Å². The number of likely N-dealkylation sites (tertiary alicyclic amines) is 1. The lowest BCUT2D eigenvalue weighted by Crippen LogP contribution is -2.56. The summed E-state index contributed by atoms with van der Waals surface area (Å²) in [6.45, 7) is 7.31. The van der Waals surface area contributed by atoms with Gasteiger partial charge in [0.15, 0.2) is 12.0 Å². The molecule has 0 aliphatic carbocycles. The molecule has 3 aliphatic heterocycles. The van der Waals surface area contributed by atoms with Crippen molar-refractivity contribution in [1.82, 2.24) is 24.8 Å². The lowest BCUT2D eigenvalue weighted by atomic mass is 10.0. The Balaban J connectivity index is 1.12. The van der Waals surface area contributed by atoms with Gasteiger partial charge in [-0.2, -0.15) is 10.2 Å². The predicted molar refractivity (Wildman–Crippen MR) is 165 cm³/mol. The fraction of sp³-hybridized carbons (Fsp3) is 0.469. The van der Waals surface area contributed by atoms with E-state index < -0.39 is 18.4 Å². The van der Waals surface area contributed by atoms with Crippen LogP contribution >= 0.6 is 0 Å². The Morgan fingerprint density at radius 1 is 1.16 bits per heavy atom. The van der Waals surface area contributed by atoms with Gasteiger partial charge in [-0.25, -0.2) is 14.4 Å². The number of alkyl halides is 1. The molecule has 3 aliphatic rings. The number of anilines is 3. The first-order valence-electron chi connectivity index (χ1n) is 15.3. The van der Waals surface area contributed by atoms with Gasteiger partial charge in [-0.05, 0) is 43.3 Å². The number of nitrogens with one attached hydrogen (secondary N) is 1. The third kappa shape index (κ3) is 7.14. The molecule has 236 valence electrons. The Kier molecular flexibility index (Phi) is 9.34. The average Bonchev–Trinajstić information content (AvgIpc) is 3.02. The van der Waals surface area contributed by atoms with Gasteiger partial charge in [-0.1, -0.05) is 6.07 Å². The summed E-state index contributed by atoms with van der Waals surface area (Å²) >= 11 is 0. The van der Waals surface area contributed by atoms with Crippen LogP contribution in [-0.4, -0.2) is 113 Å². The van der Waals surface area contributed by atoms with Gasteiger partial charge in [0, 0.05) is 50.5 Å². The van der Waals surface area contributed by atoms with Crippen molar-refractivity contribution in [3.05, 3.63) is 54.4 Å². The third-order valence-corrected chi connectivity index (χ3v) is 8.46. The van der Waals surface area contributed by atoms with E-state index in [4.69, 9.17) is 9.47 Å². The number of rotatable bonds is 9. The Morgan fingerprint density at radius 2 is 1.93 bits per heavy atom. The van der Waals surface area contributed by atoms with Crippen molar-refractivity contribution in [2.75, 3.05) is 62.7 Å². The minimum absolute atomic E-state index is 0.0618. The standard InChI is InChI=1S/C32H37FN8O4/c1-21(42)15-29(43)41-10-9-28(27(33)17-41)45-30-22(16-34)3-2-4-26(30)31-35-20-36-32(38-31)37-23-5-7-24(8-6-23)39-11-13-40(14-12-39)25-18-44-19-25/h2-8,20-21,25,27-28,42H,9-15,17-19H2,1H3,(H,35,36,37,38)/t21?,27-,28+/m1/s1. The van der Waals surface area contributed by atoms with E-state index in [0.29, 0.717) is 17.6 Å². The highest BCUT2D eigenvalue weighted by Gasteiger charge is 2.34. The van der Waals surface area contributed by atoms with Crippen LogP contribution < -0.4 is 15.0 Å². The fourth-order valence-corrected chi connectivity index (χ4v) is 5.85. The second-order valence-electron chi connectivity index (χ2n) is 11.7. The molecule has 1 unspecified atom stereocenters. The molecule has 0 radical (unpaired) electrons. The molecular formula is C32H37FN8O4. The lowest BCUT2D eigenvalue weighted by molar-refractivity contribution is -0.136. The maximum atomic E-state index is 15.2. The van der Waals surface area contributed by atoms with Crippen molar-refractivity contribution in [3.63, 3.8) is 0 Å². The van der Waals surface area contributed by atoms with Crippen molar-refractivity contribution >= 4 is 23.2 Å². The first kappa shape index (κ1) is 30.6. The van der Waals surface area contributed by atoms with E-state index in [1.54, 1.807) is 18.2 Å². The molecule has 3 aromatic rings. The fourth-order valence-electron chi connectivity index (χ4n) is 5.85. The molecule has 2 aromatic carbocycles. The van der Waals surface area contributed by atoms with Gasteiger partial charge in [-0.3, -0.25) is 9.69 Å². The Morgan fingerprint density at radius 3 is 2.60 bits per heavy atom. The molecule has 13 heteroatoms. The quantitative estimate of drug-likeness (QED) is 0.367. The van der Waals surface area contributed by atoms with Crippen LogP contribution in [0.1, 0.15) is 25.3 Å². The monoisotopic (exact) mass is 616 g/mol. The molecule has 0 bridgehead atoms. The summed E-state index contributed by atoms with van der Waals surface area (Å²) in [6.07, 6.45) is -1.60. The Labute approximate surface area is 261 Å². The number of benzene rings is 2. The summed E-state index contributed by atoms with van der Waals surface area (Å²) in [6, 6.07) is 15.8. The molecule has 3 atom stereocenters. The number of ether oxygens (including phenoxy) is 2. The minimum atomic E-state index is -1.48. The summed E-state index contributed by atoms with van der Waals surface area (Å²) in [5.41, 5.74) is 2.61. The van der Waals surface area contributed by atoms with E-state index in [0.717, 1.165) is 50.8 Å². The molecule has 0 spiro atoms. The molecule has 3 fully saturated rings. The molecule has 1 amide bonds. The number of halogens is 1. The SMILES string of the molecule is CC(O)CC(=O)N1CC[C@H](Oc2c(C#N)cccc2-c2ncnc(Nc3ccc(N4CCN(C5COC5)CC4)cc3)n2)[C@H](F)C1. The number of carbonyl (C=O) groups excluding carboxylic acids is 1. The van der Waals surface area contributed by atoms with Crippen LogP contribution in [0.3, 0.4) is 0 Å². The first-order valence-corrected chi connectivity index (χ1v) is 15.3. The van der Waals surface area contributed by atoms with E-state index in [1.807, 2.05) is 12.1 Å². The number of hydrogen-bond acceptors (Lipinski definition) is 11. The van der Waals surface area contributed by atoms with Crippen molar-refractivity contribution in [3.8, 4) is 23.2 Å². The van der Waals surface area contributed by atoms with Gasteiger partial charge in [-0.15, -0.1) is 0 Å². The number of carbonyl (C=O) groups is 1. The maximum absolute atomic E-state index is 15.2. The highest BCUT2D eigenvalue weighted by Crippen LogP contribution is 2.34. The van der Waals surface area contributed by atoms with Gasteiger partial charge in [0.2, 0.25) is 11.9 Å². The summed E-state index contributed by atoms with van der Waals surface area (Å²) in [5.74, 6) is 0.460. The number of hydrogen-bond donors (Lipinski definition) is 2. The molecular weight excluding hydrogens is 579 g/mol. The van der Waals surface area contributed by atoms with Gasteiger partial charge in [0.1, 0.15) is 24.3 Å². The summed E-state index contributed by atoms with van der Waals surface area (Å²) in [7, 11) is 0. The zero-order valence-corrected chi connectivity index (χ0v) is 25.2. The van der Waals surface area contributed by atoms with E-state index >= 15 is 4.39 Å². The number of aromatic nitrogens is 3. The zero-order valence-electron chi connectivity index (χ0n) is 25.2. The summed E-state index contributed by atoms with van der Waals surface area (Å²) in [5, 5.41) is 22.6. The molecule has 2 N–H and O–H groups in total. The molecule has 4 heterocycles. The number of para-hydroxylation sites is 1. The highest BCUT2D eigenvalue weighted by molar-refractivity contribution is 5.77. The van der Waals surface area contributed by atoms with Crippen LogP contribution in [0.4, 0.5) is 21.7 Å². The number of aliphatic hydroxyl groups excluding tert-OH is 1.